The first-order valence-corrected chi connectivity index (χ1v) is 5.68. The van der Waals surface area contributed by atoms with Gasteiger partial charge in [-0.1, -0.05) is 17.7 Å². The summed E-state index contributed by atoms with van der Waals surface area (Å²) in [7, 11) is 0. The fraction of sp³-hybridized carbons (Fsp3) is 0.154. The molecular formula is C13H13ClN2O. The monoisotopic (exact) mass is 248 g/mol. The normalized spacial score (nSPS) is 12.1. The fourth-order valence-corrected chi connectivity index (χ4v) is 1.52. The second kappa shape index (κ2) is 5.66. The third-order valence-corrected chi connectivity index (χ3v) is 2.56. The molecule has 0 radical (unpaired) electrons. The molecule has 0 spiro atoms. The van der Waals surface area contributed by atoms with Crippen LogP contribution in [0.3, 0.4) is 0 Å². The van der Waals surface area contributed by atoms with Gasteiger partial charge in [0.2, 0.25) is 0 Å². The van der Waals surface area contributed by atoms with Gasteiger partial charge in [0.25, 0.3) is 0 Å². The van der Waals surface area contributed by atoms with Gasteiger partial charge < -0.3 is 10.5 Å². The Balaban J connectivity index is 1.92. The van der Waals surface area contributed by atoms with E-state index in [1.807, 2.05) is 30.3 Å². The maximum atomic E-state index is 5.96. The molecule has 2 rings (SSSR count). The molecule has 1 aromatic heterocycles. The molecule has 2 N–H and O–H groups in total. The largest absolute Gasteiger partial charge is 0.492 e. The quantitative estimate of drug-likeness (QED) is 0.905. The van der Waals surface area contributed by atoms with Crippen LogP contribution >= 0.6 is 11.6 Å². The molecule has 4 heteroatoms. The van der Waals surface area contributed by atoms with E-state index in [1.165, 1.54) is 0 Å². The molecule has 2 aromatic rings. The third kappa shape index (κ3) is 3.44. The Morgan fingerprint density at radius 3 is 2.59 bits per heavy atom. The molecular weight excluding hydrogens is 236 g/mol. The van der Waals surface area contributed by atoms with Crippen LogP contribution in [0.5, 0.6) is 5.75 Å². The van der Waals surface area contributed by atoms with Crippen molar-refractivity contribution in [1.82, 2.24) is 4.98 Å². The van der Waals surface area contributed by atoms with E-state index in [0.29, 0.717) is 11.6 Å². The number of halogens is 1. The molecule has 0 aliphatic heterocycles. The molecule has 1 aromatic carbocycles. The van der Waals surface area contributed by atoms with Gasteiger partial charge in [0.05, 0.1) is 11.7 Å². The average molecular weight is 249 g/mol. The summed E-state index contributed by atoms with van der Waals surface area (Å²) in [6.45, 7) is 0.388. The van der Waals surface area contributed by atoms with E-state index < -0.39 is 0 Å². The van der Waals surface area contributed by atoms with E-state index in [0.717, 1.165) is 11.4 Å². The van der Waals surface area contributed by atoms with Crippen molar-refractivity contribution in [3.8, 4) is 5.75 Å². The van der Waals surface area contributed by atoms with Crippen molar-refractivity contribution in [1.29, 1.82) is 0 Å². The van der Waals surface area contributed by atoms with Crippen molar-refractivity contribution in [3.05, 3.63) is 59.4 Å². The predicted molar refractivity (Wildman–Crippen MR) is 68.1 cm³/mol. The topological polar surface area (TPSA) is 48.1 Å². The summed E-state index contributed by atoms with van der Waals surface area (Å²) in [5, 5.41) is 0.686. The first kappa shape index (κ1) is 11.9. The number of hydrogen-bond acceptors (Lipinski definition) is 3. The van der Waals surface area contributed by atoms with Gasteiger partial charge in [-0.15, -0.1) is 0 Å². The summed E-state index contributed by atoms with van der Waals surface area (Å²) in [6, 6.07) is 12.6. The maximum Gasteiger partial charge on any atom is 0.119 e. The van der Waals surface area contributed by atoms with Gasteiger partial charge in [-0.05, 0) is 36.4 Å². The van der Waals surface area contributed by atoms with Gasteiger partial charge in [-0.2, -0.15) is 0 Å². The number of benzene rings is 1. The van der Waals surface area contributed by atoms with Crippen molar-refractivity contribution in [2.75, 3.05) is 6.61 Å². The molecule has 0 amide bonds. The number of nitrogens with two attached hydrogens (primary N) is 1. The average Bonchev–Trinajstić information content (AvgIpc) is 2.39. The molecule has 88 valence electrons. The molecule has 0 aliphatic carbocycles. The minimum absolute atomic E-state index is 0.230. The minimum Gasteiger partial charge on any atom is -0.492 e. The highest BCUT2D eigenvalue weighted by molar-refractivity contribution is 6.30. The lowest BCUT2D eigenvalue weighted by atomic mass is 10.2. The molecule has 0 bridgehead atoms. The molecule has 1 unspecified atom stereocenters. The molecule has 17 heavy (non-hydrogen) atoms. The second-order valence-electron chi connectivity index (χ2n) is 3.63. The first-order chi connectivity index (χ1) is 8.25. The highest BCUT2D eigenvalue weighted by atomic mass is 35.5. The van der Waals surface area contributed by atoms with E-state index in [9.17, 15) is 0 Å². The van der Waals surface area contributed by atoms with Gasteiger partial charge in [0.1, 0.15) is 12.4 Å². The van der Waals surface area contributed by atoms with E-state index in [1.54, 1.807) is 18.3 Å². The Morgan fingerprint density at radius 1 is 1.18 bits per heavy atom. The van der Waals surface area contributed by atoms with Gasteiger partial charge in [0.15, 0.2) is 0 Å². The van der Waals surface area contributed by atoms with Crippen LogP contribution in [0.1, 0.15) is 11.7 Å². The van der Waals surface area contributed by atoms with Crippen LogP contribution in [0.4, 0.5) is 0 Å². The standard InChI is InChI=1S/C13H13ClN2O/c14-10-4-6-11(7-5-10)17-9-12(15)13-3-1-2-8-16-13/h1-8,12H,9,15H2. The van der Waals surface area contributed by atoms with Crippen LogP contribution in [0.2, 0.25) is 5.02 Å². The Hall–Kier alpha value is -1.58. The van der Waals surface area contributed by atoms with E-state index >= 15 is 0 Å². The zero-order valence-corrected chi connectivity index (χ0v) is 9.97. The molecule has 0 aliphatic rings. The Bertz CT molecular complexity index is 459. The van der Waals surface area contributed by atoms with Crippen molar-refractivity contribution >= 4 is 11.6 Å². The number of hydrogen-bond donors (Lipinski definition) is 1. The van der Waals surface area contributed by atoms with Gasteiger partial charge in [0, 0.05) is 11.2 Å². The summed E-state index contributed by atoms with van der Waals surface area (Å²) in [5.41, 5.74) is 6.78. The summed E-state index contributed by atoms with van der Waals surface area (Å²) in [4.78, 5) is 4.18. The zero-order valence-electron chi connectivity index (χ0n) is 9.21. The van der Waals surface area contributed by atoms with Crippen LogP contribution in [0, 0.1) is 0 Å². The van der Waals surface area contributed by atoms with Crippen molar-refractivity contribution in [3.63, 3.8) is 0 Å². The molecule has 0 saturated carbocycles. The van der Waals surface area contributed by atoms with E-state index in [2.05, 4.69) is 4.98 Å². The Kier molecular flexibility index (Phi) is 3.96. The molecule has 3 nitrogen and oxygen atoms in total. The SMILES string of the molecule is NC(COc1ccc(Cl)cc1)c1ccccn1. The van der Waals surface area contributed by atoms with E-state index in [-0.39, 0.29) is 6.04 Å². The van der Waals surface area contributed by atoms with E-state index in [4.69, 9.17) is 22.1 Å². The smallest absolute Gasteiger partial charge is 0.119 e. The number of aromatic nitrogens is 1. The molecule has 0 saturated heterocycles. The van der Waals surface area contributed by atoms with Crippen LogP contribution in [0.25, 0.3) is 0 Å². The lowest BCUT2D eigenvalue weighted by Crippen LogP contribution is -2.19. The minimum atomic E-state index is -0.230. The van der Waals surface area contributed by atoms with Crippen LogP contribution < -0.4 is 10.5 Å². The maximum absolute atomic E-state index is 5.96. The van der Waals surface area contributed by atoms with Gasteiger partial charge in [-0.3, -0.25) is 4.98 Å². The summed E-state index contributed by atoms with van der Waals surface area (Å²) < 4.78 is 5.55. The Morgan fingerprint density at radius 2 is 1.94 bits per heavy atom. The van der Waals surface area contributed by atoms with Crippen molar-refractivity contribution in [2.24, 2.45) is 5.73 Å². The summed E-state index contributed by atoms with van der Waals surface area (Å²) in [5.74, 6) is 0.751. The van der Waals surface area contributed by atoms with Gasteiger partial charge in [-0.25, -0.2) is 0 Å². The lowest BCUT2D eigenvalue weighted by molar-refractivity contribution is 0.288. The highest BCUT2D eigenvalue weighted by Crippen LogP contribution is 2.17. The summed E-state index contributed by atoms with van der Waals surface area (Å²) >= 11 is 5.78. The Labute approximate surface area is 105 Å². The number of pyridine rings is 1. The van der Waals surface area contributed by atoms with Crippen LogP contribution in [-0.2, 0) is 0 Å². The number of ether oxygens (including phenoxy) is 1. The van der Waals surface area contributed by atoms with Crippen molar-refractivity contribution in [2.45, 2.75) is 6.04 Å². The van der Waals surface area contributed by atoms with Crippen molar-refractivity contribution < 1.29 is 4.74 Å². The van der Waals surface area contributed by atoms with Gasteiger partial charge >= 0.3 is 0 Å². The predicted octanol–water partition coefficient (Wildman–Crippen LogP) is 2.81. The van der Waals surface area contributed by atoms with Crippen LogP contribution in [-0.4, -0.2) is 11.6 Å². The fourth-order valence-electron chi connectivity index (χ4n) is 1.40. The van der Waals surface area contributed by atoms with Crippen LogP contribution in [0.15, 0.2) is 48.7 Å². The zero-order chi connectivity index (χ0) is 12.1. The second-order valence-corrected chi connectivity index (χ2v) is 4.06. The molecule has 1 heterocycles. The first-order valence-electron chi connectivity index (χ1n) is 5.30. The highest BCUT2D eigenvalue weighted by Gasteiger charge is 2.07. The summed E-state index contributed by atoms with van der Waals surface area (Å²) in [6.07, 6.45) is 1.72. The number of rotatable bonds is 4. The third-order valence-electron chi connectivity index (χ3n) is 2.31. The lowest BCUT2D eigenvalue weighted by Gasteiger charge is -2.12. The molecule has 0 fully saturated rings. The number of nitrogens with zero attached hydrogens (tertiary/aromatic N) is 1. The molecule has 1 atom stereocenters.